The van der Waals surface area contributed by atoms with E-state index in [1.54, 1.807) is 18.2 Å². The van der Waals surface area contributed by atoms with Gasteiger partial charge in [0.25, 0.3) is 5.91 Å². The first-order valence-corrected chi connectivity index (χ1v) is 11.1. The molecule has 0 spiro atoms. The molecule has 32 heavy (non-hydrogen) atoms. The molecule has 0 bridgehead atoms. The van der Waals surface area contributed by atoms with E-state index in [0.717, 1.165) is 44.0 Å². The number of nitrogens with one attached hydrogen (secondary N) is 1. The molecule has 2 aliphatic heterocycles. The molecule has 0 atom stereocenters. The van der Waals surface area contributed by atoms with Crippen molar-refractivity contribution in [1.82, 2.24) is 10.2 Å². The van der Waals surface area contributed by atoms with E-state index in [4.69, 9.17) is 25.5 Å². The molecule has 0 aliphatic carbocycles. The summed E-state index contributed by atoms with van der Waals surface area (Å²) in [5, 5.41) is 3.85. The van der Waals surface area contributed by atoms with Gasteiger partial charge in [-0.05, 0) is 42.7 Å². The largest absolute Gasteiger partial charge is 0.486 e. The lowest BCUT2D eigenvalue weighted by atomic mass is 10.0. The number of rotatable bonds is 4. The Morgan fingerprint density at radius 1 is 1.03 bits per heavy atom. The Balaban J connectivity index is 1.18. The van der Waals surface area contributed by atoms with Gasteiger partial charge in [-0.25, -0.2) is 0 Å². The summed E-state index contributed by atoms with van der Waals surface area (Å²) in [6, 6.07) is 12.1. The fourth-order valence-corrected chi connectivity index (χ4v) is 4.34. The Morgan fingerprint density at radius 2 is 1.81 bits per heavy atom. The molecule has 1 N–H and O–H groups in total. The summed E-state index contributed by atoms with van der Waals surface area (Å²) in [4.78, 5) is 27.3. The van der Waals surface area contributed by atoms with Crippen LogP contribution < -0.4 is 20.2 Å². The molecule has 3 aromatic rings. The summed E-state index contributed by atoms with van der Waals surface area (Å²) in [6.45, 7) is 3.69. The van der Waals surface area contributed by atoms with Gasteiger partial charge in [-0.3, -0.25) is 14.5 Å². The zero-order valence-electron chi connectivity index (χ0n) is 17.4. The van der Waals surface area contributed by atoms with E-state index in [1.165, 1.54) is 11.6 Å². The van der Waals surface area contributed by atoms with Gasteiger partial charge in [0, 0.05) is 42.8 Å². The minimum Gasteiger partial charge on any atom is -0.486 e. The van der Waals surface area contributed by atoms with Gasteiger partial charge in [0.05, 0.1) is 5.39 Å². The lowest BCUT2D eigenvalue weighted by Gasteiger charge is -2.32. The summed E-state index contributed by atoms with van der Waals surface area (Å²) < 4.78 is 16.9. The topological polar surface area (TPSA) is 81.0 Å². The van der Waals surface area contributed by atoms with Gasteiger partial charge in [0.15, 0.2) is 22.7 Å². The van der Waals surface area contributed by atoms with Gasteiger partial charge in [-0.2, -0.15) is 0 Å². The lowest BCUT2D eigenvalue weighted by molar-refractivity contribution is 0.0881. The predicted molar refractivity (Wildman–Crippen MR) is 121 cm³/mol. The molecule has 1 saturated heterocycles. The summed E-state index contributed by atoms with van der Waals surface area (Å²) >= 11 is 5.98. The van der Waals surface area contributed by atoms with E-state index in [-0.39, 0.29) is 23.1 Å². The molecule has 5 rings (SSSR count). The molecule has 1 fully saturated rings. The minimum atomic E-state index is -0.380. The van der Waals surface area contributed by atoms with E-state index >= 15 is 0 Å². The summed E-state index contributed by atoms with van der Waals surface area (Å²) in [5.74, 6) is 1.22. The molecular weight excluding hydrogens is 432 g/mol. The van der Waals surface area contributed by atoms with Gasteiger partial charge in [0.2, 0.25) is 0 Å². The van der Waals surface area contributed by atoms with Crippen LogP contribution in [0.2, 0.25) is 5.02 Å². The first-order valence-electron chi connectivity index (χ1n) is 10.7. The zero-order valence-corrected chi connectivity index (χ0v) is 18.2. The molecule has 0 saturated carbocycles. The molecule has 166 valence electrons. The molecule has 3 heterocycles. The number of amides is 1. The Morgan fingerprint density at radius 3 is 2.62 bits per heavy atom. The zero-order chi connectivity index (χ0) is 22.1. The molecule has 1 amide bonds. The first-order chi connectivity index (χ1) is 15.5. The number of fused-ring (bicyclic) bond motifs is 2. The molecule has 0 unspecified atom stereocenters. The maximum Gasteiger partial charge on any atom is 0.287 e. The first kappa shape index (κ1) is 20.8. The summed E-state index contributed by atoms with van der Waals surface area (Å²) in [7, 11) is 0. The SMILES string of the molecule is O=C(NC1CCN(Cc2ccc3c(c2)OCCO3)CC1)c1cc(=O)c2ccc(Cl)cc2o1. The smallest absolute Gasteiger partial charge is 0.287 e. The third kappa shape index (κ3) is 4.45. The van der Waals surface area contributed by atoms with Crippen LogP contribution in [0.15, 0.2) is 51.7 Å². The number of hydrogen-bond donors (Lipinski definition) is 1. The second-order valence-electron chi connectivity index (χ2n) is 8.12. The second kappa shape index (κ2) is 8.84. The number of carbonyl (C=O) groups excluding carboxylic acids is 1. The fraction of sp³-hybridized carbons (Fsp3) is 0.333. The van der Waals surface area contributed by atoms with E-state index < -0.39 is 0 Å². The fourth-order valence-electron chi connectivity index (χ4n) is 4.18. The monoisotopic (exact) mass is 454 g/mol. The number of ether oxygens (including phenoxy) is 2. The lowest BCUT2D eigenvalue weighted by Crippen LogP contribution is -2.44. The molecule has 1 aromatic heterocycles. The Labute approximate surface area is 189 Å². The summed E-state index contributed by atoms with van der Waals surface area (Å²) in [5.41, 5.74) is 1.22. The van der Waals surface area contributed by atoms with Crippen molar-refractivity contribution >= 4 is 28.5 Å². The van der Waals surface area contributed by atoms with Crippen molar-refractivity contribution in [1.29, 1.82) is 0 Å². The third-order valence-corrected chi connectivity index (χ3v) is 6.09. The summed E-state index contributed by atoms with van der Waals surface area (Å²) in [6.07, 6.45) is 1.64. The highest BCUT2D eigenvalue weighted by Gasteiger charge is 2.23. The van der Waals surface area contributed by atoms with Crippen LogP contribution in [0.5, 0.6) is 11.5 Å². The molecule has 0 radical (unpaired) electrons. The highest BCUT2D eigenvalue weighted by molar-refractivity contribution is 6.31. The van der Waals surface area contributed by atoms with Crippen LogP contribution in [0, 0.1) is 0 Å². The van der Waals surface area contributed by atoms with Crippen molar-refractivity contribution in [3.63, 3.8) is 0 Å². The molecular formula is C24H23ClN2O5. The van der Waals surface area contributed by atoms with Crippen LogP contribution in [0.25, 0.3) is 11.0 Å². The van der Waals surface area contributed by atoms with Gasteiger partial charge in [0.1, 0.15) is 18.8 Å². The molecule has 2 aromatic carbocycles. The second-order valence-corrected chi connectivity index (χ2v) is 8.55. The molecule has 7 nitrogen and oxygen atoms in total. The number of carbonyl (C=O) groups is 1. The van der Waals surface area contributed by atoms with Crippen LogP contribution in [-0.4, -0.2) is 43.2 Å². The molecule has 2 aliphatic rings. The normalized spacial score (nSPS) is 16.8. The van der Waals surface area contributed by atoms with E-state index in [0.29, 0.717) is 29.2 Å². The van der Waals surface area contributed by atoms with Gasteiger partial charge in [-0.1, -0.05) is 17.7 Å². The van der Waals surface area contributed by atoms with E-state index in [9.17, 15) is 9.59 Å². The number of hydrogen-bond acceptors (Lipinski definition) is 6. The Bertz CT molecular complexity index is 1220. The maximum atomic E-state index is 12.7. The third-order valence-electron chi connectivity index (χ3n) is 5.85. The van der Waals surface area contributed by atoms with Crippen LogP contribution in [0.4, 0.5) is 0 Å². The average Bonchev–Trinajstić information content (AvgIpc) is 2.80. The van der Waals surface area contributed by atoms with Crippen molar-refractivity contribution in [3.05, 3.63) is 69.0 Å². The van der Waals surface area contributed by atoms with Crippen LogP contribution >= 0.6 is 11.6 Å². The van der Waals surface area contributed by atoms with Gasteiger partial charge >= 0.3 is 0 Å². The number of halogens is 1. The highest BCUT2D eigenvalue weighted by Crippen LogP contribution is 2.31. The van der Waals surface area contributed by atoms with E-state index in [1.807, 2.05) is 12.1 Å². The Kier molecular flexibility index (Phi) is 5.76. The van der Waals surface area contributed by atoms with Gasteiger partial charge < -0.3 is 19.2 Å². The van der Waals surface area contributed by atoms with Crippen molar-refractivity contribution in [2.75, 3.05) is 26.3 Å². The van der Waals surface area contributed by atoms with Crippen molar-refractivity contribution in [2.24, 2.45) is 0 Å². The van der Waals surface area contributed by atoms with Crippen molar-refractivity contribution < 1.29 is 18.7 Å². The van der Waals surface area contributed by atoms with Crippen LogP contribution in [0.1, 0.15) is 29.0 Å². The van der Waals surface area contributed by atoms with Crippen LogP contribution in [-0.2, 0) is 6.54 Å². The van der Waals surface area contributed by atoms with Crippen molar-refractivity contribution in [2.45, 2.75) is 25.4 Å². The quantitative estimate of drug-likeness (QED) is 0.648. The predicted octanol–water partition coefficient (Wildman–Crippen LogP) is 3.61. The minimum absolute atomic E-state index is 0.00322. The standard InChI is InChI=1S/C24H23ClN2O5/c25-16-2-3-18-19(28)13-23(32-21(18)12-16)24(29)26-17-5-7-27(8-6-17)14-15-1-4-20-22(11-15)31-10-9-30-20/h1-4,11-13,17H,5-10,14H2,(H,26,29). The van der Waals surface area contributed by atoms with Crippen molar-refractivity contribution in [3.8, 4) is 11.5 Å². The van der Waals surface area contributed by atoms with Crippen LogP contribution in [0.3, 0.4) is 0 Å². The number of piperidine rings is 1. The maximum absolute atomic E-state index is 12.7. The van der Waals surface area contributed by atoms with E-state index in [2.05, 4.69) is 16.3 Å². The van der Waals surface area contributed by atoms with Gasteiger partial charge in [-0.15, -0.1) is 0 Å². The highest BCUT2D eigenvalue weighted by atomic mass is 35.5. The number of nitrogens with zero attached hydrogens (tertiary/aromatic N) is 1. The Hall–Kier alpha value is -3.03. The number of likely N-dealkylation sites (tertiary alicyclic amines) is 1. The molecule has 8 heteroatoms. The average molecular weight is 455 g/mol. The number of benzene rings is 2.